The molecule has 1 aromatic heterocycles. The van der Waals surface area contributed by atoms with E-state index in [9.17, 15) is 13.9 Å². The predicted octanol–water partition coefficient (Wildman–Crippen LogP) is 3.05. The fourth-order valence-electron chi connectivity index (χ4n) is 1.65. The van der Waals surface area contributed by atoms with E-state index in [1.54, 1.807) is 19.3 Å². The first-order valence-corrected chi connectivity index (χ1v) is 6.64. The number of hydrogen-bond acceptors (Lipinski definition) is 4. The van der Waals surface area contributed by atoms with Gasteiger partial charge in [0, 0.05) is 12.4 Å². The molecule has 0 spiro atoms. The fourth-order valence-corrected chi connectivity index (χ4v) is 1.86. The van der Waals surface area contributed by atoms with E-state index in [1.807, 2.05) is 0 Å². The van der Waals surface area contributed by atoms with Gasteiger partial charge in [0.1, 0.15) is 0 Å². The fraction of sp³-hybridized carbons (Fsp3) is 0.231. The van der Waals surface area contributed by atoms with E-state index in [0.717, 1.165) is 16.6 Å². The zero-order valence-corrected chi connectivity index (χ0v) is 12.1. The average Bonchev–Trinajstić information content (AvgIpc) is 2.43. The average molecular weight is 344 g/mol. The van der Waals surface area contributed by atoms with E-state index in [-0.39, 0.29) is 5.56 Å². The molecule has 2 aromatic rings. The Morgan fingerprint density at radius 3 is 2.45 bits per heavy atom. The number of rotatable bonds is 4. The Labute approximate surface area is 123 Å². The molecule has 0 amide bonds. The number of anilines is 1. The maximum absolute atomic E-state index is 13.1. The highest BCUT2D eigenvalue weighted by molar-refractivity contribution is 9.10. The van der Waals surface area contributed by atoms with Crippen molar-refractivity contribution >= 4 is 21.9 Å². The third kappa shape index (κ3) is 3.49. The van der Waals surface area contributed by atoms with Crippen LogP contribution in [0.2, 0.25) is 0 Å². The SMILES string of the molecule is C[C@H](Nc1ncc(Br)cn1)[C@@H](O)c1ccc(F)c(F)c1. The second-order valence-electron chi connectivity index (χ2n) is 4.28. The van der Waals surface area contributed by atoms with Gasteiger partial charge in [0.15, 0.2) is 11.6 Å². The van der Waals surface area contributed by atoms with Crippen LogP contribution in [0, 0.1) is 11.6 Å². The second kappa shape index (κ2) is 6.23. The van der Waals surface area contributed by atoms with Gasteiger partial charge < -0.3 is 10.4 Å². The molecule has 0 aliphatic heterocycles. The summed E-state index contributed by atoms with van der Waals surface area (Å²) in [6.45, 7) is 1.69. The van der Waals surface area contributed by atoms with Gasteiger partial charge in [-0.2, -0.15) is 0 Å². The standard InChI is InChI=1S/C13H12BrF2N3O/c1-7(19-13-17-5-9(14)6-18-13)12(20)8-2-3-10(15)11(16)4-8/h2-7,12,20H,1H3,(H,17,18,19)/t7-,12+/m0/s1. The Bertz CT molecular complexity index is 595. The van der Waals surface area contributed by atoms with E-state index in [4.69, 9.17) is 0 Å². The van der Waals surface area contributed by atoms with Crippen molar-refractivity contribution < 1.29 is 13.9 Å². The van der Waals surface area contributed by atoms with Crippen LogP contribution in [-0.2, 0) is 0 Å². The number of benzene rings is 1. The van der Waals surface area contributed by atoms with Crippen LogP contribution in [0.4, 0.5) is 14.7 Å². The van der Waals surface area contributed by atoms with Gasteiger partial charge in [-0.25, -0.2) is 18.7 Å². The maximum Gasteiger partial charge on any atom is 0.222 e. The van der Waals surface area contributed by atoms with Crippen molar-refractivity contribution in [2.45, 2.75) is 19.1 Å². The van der Waals surface area contributed by atoms with Crippen molar-refractivity contribution in [3.63, 3.8) is 0 Å². The van der Waals surface area contributed by atoms with Gasteiger partial charge in [0.25, 0.3) is 0 Å². The third-order valence-electron chi connectivity index (χ3n) is 2.74. The van der Waals surface area contributed by atoms with Crippen molar-refractivity contribution in [2.75, 3.05) is 5.32 Å². The van der Waals surface area contributed by atoms with Crippen LogP contribution in [-0.4, -0.2) is 21.1 Å². The number of aliphatic hydroxyl groups is 1. The zero-order valence-electron chi connectivity index (χ0n) is 10.5. The molecule has 7 heteroatoms. The number of halogens is 3. The summed E-state index contributed by atoms with van der Waals surface area (Å²) in [4.78, 5) is 8.02. The summed E-state index contributed by atoms with van der Waals surface area (Å²) in [5.74, 6) is -1.60. The predicted molar refractivity (Wildman–Crippen MR) is 74.1 cm³/mol. The maximum atomic E-state index is 13.1. The van der Waals surface area contributed by atoms with Crippen LogP contribution < -0.4 is 5.32 Å². The Kier molecular flexibility index (Phi) is 4.61. The molecule has 20 heavy (non-hydrogen) atoms. The number of nitrogens with one attached hydrogen (secondary N) is 1. The molecule has 2 rings (SSSR count). The summed E-state index contributed by atoms with van der Waals surface area (Å²) in [7, 11) is 0. The summed E-state index contributed by atoms with van der Waals surface area (Å²) in [6.07, 6.45) is 2.11. The largest absolute Gasteiger partial charge is 0.386 e. The second-order valence-corrected chi connectivity index (χ2v) is 5.19. The topological polar surface area (TPSA) is 58.0 Å². The van der Waals surface area contributed by atoms with Crippen LogP contribution in [0.3, 0.4) is 0 Å². The third-order valence-corrected chi connectivity index (χ3v) is 3.15. The van der Waals surface area contributed by atoms with Crippen molar-refractivity contribution in [3.05, 3.63) is 52.3 Å². The van der Waals surface area contributed by atoms with Crippen LogP contribution in [0.25, 0.3) is 0 Å². The van der Waals surface area contributed by atoms with Crippen molar-refractivity contribution in [2.24, 2.45) is 0 Å². The zero-order chi connectivity index (χ0) is 14.7. The Balaban J connectivity index is 2.09. The first-order chi connectivity index (χ1) is 9.47. The van der Waals surface area contributed by atoms with Gasteiger partial charge in [0.2, 0.25) is 5.95 Å². The molecule has 0 unspecified atom stereocenters. The van der Waals surface area contributed by atoms with E-state index in [2.05, 4.69) is 31.2 Å². The first-order valence-electron chi connectivity index (χ1n) is 5.84. The molecule has 2 atom stereocenters. The van der Waals surface area contributed by atoms with Crippen LogP contribution in [0.15, 0.2) is 35.1 Å². The summed E-state index contributed by atoms with van der Waals surface area (Å²) >= 11 is 3.21. The molecule has 4 nitrogen and oxygen atoms in total. The molecule has 0 aliphatic carbocycles. The van der Waals surface area contributed by atoms with Gasteiger partial charge in [-0.15, -0.1) is 0 Å². The number of aromatic nitrogens is 2. The van der Waals surface area contributed by atoms with Crippen molar-refractivity contribution in [1.29, 1.82) is 0 Å². The van der Waals surface area contributed by atoms with Gasteiger partial charge in [0.05, 0.1) is 16.6 Å². The van der Waals surface area contributed by atoms with Crippen LogP contribution >= 0.6 is 15.9 Å². The Morgan fingerprint density at radius 2 is 1.85 bits per heavy atom. The van der Waals surface area contributed by atoms with Crippen LogP contribution in [0.5, 0.6) is 0 Å². The van der Waals surface area contributed by atoms with E-state index in [0.29, 0.717) is 5.95 Å². The molecular formula is C13H12BrF2N3O. The smallest absolute Gasteiger partial charge is 0.222 e. The van der Waals surface area contributed by atoms with Gasteiger partial charge in [-0.3, -0.25) is 0 Å². The highest BCUT2D eigenvalue weighted by Gasteiger charge is 2.18. The molecule has 0 radical (unpaired) electrons. The van der Waals surface area contributed by atoms with Crippen LogP contribution in [0.1, 0.15) is 18.6 Å². The molecule has 2 N–H and O–H groups in total. The highest BCUT2D eigenvalue weighted by atomic mass is 79.9. The first kappa shape index (κ1) is 14.8. The molecule has 0 saturated heterocycles. The lowest BCUT2D eigenvalue weighted by Crippen LogP contribution is -2.25. The molecule has 106 valence electrons. The van der Waals surface area contributed by atoms with Crippen molar-refractivity contribution in [1.82, 2.24) is 9.97 Å². The molecule has 0 aliphatic rings. The summed E-state index contributed by atoms with van der Waals surface area (Å²) in [6, 6.07) is 2.82. The summed E-state index contributed by atoms with van der Waals surface area (Å²) in [5.41, 5.74) is 0.279. The van der Waals surface area contributed by atoms with Gasteiger partial charge >= 0.3 is 0 Å². The van der Waals surface area contributed by atoms with Crippen molar-refractivity contribution in [3.8, 4) is 0 Å². The van der Waals surface area contributed by atoms with E-state index < -0.39 is 23.8 Å². The van der Waals surface area contributed by atoms with E-state index in [1.165, 1.54) is 6.07 Å². The van der Waals surface area contributed by atoms with E-state index >= 15 is 0 Å². The summed E-state index contributed by atoms with van der Waals surface area (Å²) < 4.78 is 26.7. The number of hydrogen-bond donors (Lipinski definition) is 2. The lowest BCUT2D eigenvalue weighted by atomic mass is 10.0. The minimum atomic E-state index is -1.02. The molecule has 1 heterocycles. The normalized spacial score (nSPS) is 13.8. The highest BCUT2D eigenvalue weighted by Crippen LogP contribution is 2.21. The minimum Gasteiger partial charge on any atom is -0.386 e. The molecule has 0 saturated carbocycles. The quantitative estimate of drug-likeness (QED) is 0.895. The van der Waals surface area contributed by atoms with Gasteiger partial charge in [-0.05, 0) is 40.5 Å². The molecule has 0 bridgehead atoms. The molecular weight excluding hydrogens is 332 g/mol. The number of aliphatic hydroxyl groups excluding tert-OH is 1. The number of nitrogens with zero attached hydrogens (tertiary/aromatic N) is 2. The Hall–Kier alpha value is -1.60. The lowest BCUT2D eigenvalue weighted by molar-refractivity contribution is 0.160. The monoisotopic (exact) mass is 343 g/mol. The van der Waals surface area contributed by atoms with Gasteiger partial charge in [-0.1, -0.05) is 6.07 Å². The lowest BCUT2D eigenvalue weighted by Gasteiger charge is -2.20. The molecule has 1 aromatic carbocycles. The Morgan fingerprint density at radius 1 is 1.20 bits per heavy atom. The summed E-state index contributed by atoms with van der Waals surface area (Å²) in [5, 5.41) is 13.0. The minimum absolute atomic E-state index is 0.279. The molecule has 0 fully saturated rings.